The fourth-order valence-electron chi connectivity index (χ4n) is 2.29. The first-order valence-electron chi connectivity index (χ1n) is 7.55. The molecule has 0 bridgehead atoms. The Balaban J connectivity index is 2.95. The molecule has 0 spiro atoms. The molecule has 1 atom stereocenters. The Morgan fingerprint density at radius 3 is 2.26 bits per heavy atom. The van der Waals surface area contributed by atoms with Crippen molar-refractivity contribution < 1.29 is 27.9 Å². The number of amides is 1. The number of aliphatic carboxylic acids is 1. The van der Waals surface area contributed by atoms with E-state index in [0.29, 0.717) is 0 Å². The maximum atomic E-state index is 12.3. The summed E-state index contributed by atoms with van der Waals surface area (Å²) in [5.41, 5.74) is -0.702. The second-order valence-corrected chi connectivity index (χ2v) is 9.37. The van der Waals surface area contributed by atoms with Crippen LogP contribution in [0.15, 0.2) is 0 Å². The summed E-state index contributed by atoms with van der Waals surface area (Å²) in [6.07, 6.45) is -0.950. The van der Waals surface area contributed by atoms with Gasteiger partial charge in [-0.1, -0.05) is 0 Å². The first-order chi connectivity index (χ1) is 10.3. The van der Waals surface area contributed by atoms with E-state index in [4.69, 9.17) is 9.84 Å². The lowest BCUT2D eigenvalue weighted by Crippen LogP contribution is -2.58. The normalized spacial score (nSPS) is 20.6. The number of carbonyl (C=O) groups is 2. The van der Waals surface area contributed by atoms with Crippen LogP contribution in [0, 0.1) is 0 Å². The van der Waals surface area contributed by atoms with Crippen molar-refractivity contribution in [2.75, 3.05) is 19.6 Å². The number of sulfonamides is 1. The molecule has 1 aliphatic rings. The van der Waals surface area contributed by atoms with Crippen LogP contribution in [0.4, 0.5) is 4.79 Å². The molecule has 1 saturated heterocycles. The van der Waals surface area contributed by atoms with Crippen LogP contribution in [0.5, 0.6) is 0 Å². The van der Waals surface area contributed by atoms with Gasteiger partial charge in [-0.3, -0.25) is 4.79 Å². The second kappa shape index (κ2) is 7.04. The van der Waals surface area contributed by atoms with E-state index in [0.717, 1.165) is 0 Å². The summed E-state index contributed by atoms with van der Waals surface area (Å²) in [7, 11) is -3.49. The van der Waals surface area contributed by atoms with E-state index in [9.17, 15) is 18.0 Å². The molecule has 134 valence electrons. The number of carboxylic acids is 1. The topological polar surface area (TPSA) is 104 Å². The molecule has 1 aliphatic heterocycles. The zero-order chi connectivity index (χ0) is 18.0. The van der Waals surface area contributed by atoms with Crippen molar-refractivity contribution in [1.82, 2.24) is 9.21 Å². The number of rotatable bonds is 4. The van der Waals surface area contributed by atoms with Gasteiger partial charge in [0.25, 0.3) is 0 Å². The van der Waals surface area contributed by atoms with Crippen LogP contribution in [0.25, 0.3) is 0 Å². The van der Waals surface area contributed by atoms with Gasteiger partial charge < -0.3 is 14.7 Å². The zero-order valence-electron chi connectivity index (χ0n) is 14.3. The molecule has 0 radical (unpaired) electrons. The standard InChI is InChI=1S/C14H26N2O6S/c1-10(2)23(20,21)15-6-7-16(11(9-15)8-12(17)18)13(19)22-14(3,4)5/h10-11H,6-9H2,1-5H3,(H,17,18)/t11-/m1/s1. The Morgan fingerprint density at radius 2 is 1.83 bits per heavy atom. The van der Waals surface area contributed by atoms with Crippen molar-refractivity contribution in [2.45, 2.75) is 57.9 Å². The summed E-state index contributed by atoms with van der Waals surface area (Å²) in [5.74, 6) is -1.09. The highest BCUT2D eigenvalue weighted by molar-refractivity contribution is 7.89. The van der Waals surface area contributed by atoms with Crippen LogP contribution in [0.1, 0.15) is 41.0 Å². The van der Waals surface area contributed by atoms with Crippen molar-refractivity contribution in [2.24, 2.45) is 0 Å². The Morgan fingerprint density at radius 1 is 1.26 bits per heavy atom. The van der Waals surface area contributed by atoms with Gasteiger partial charge in [0, 0.05) is 19.6 Å². The molecule has 1 rings (SSSR count). The molecule has 9 heteroatoms. The number of hydrogen-bond donors (Lipinski definition) is 1. The van der Waals surface area contributed by atoms with Gasteiger partial charge >= 0.3 is 12.1 Å². The van der Waals surface area contributed by atoms with Crippen LogP contribution in [-0.2, 0) is 19.6 Å². The average Bonchev–Trinajstić information content (AvgIpc) is 2.35. The van der Waals surface area contributed by atoms with E-state index in [2.05, 4.69) is 0 Å². The summed E-state index contributed by atoms with van der Waals surface area (Å²) in [6, 6.07) is -0.746. The van der Waals surface area contributed by atoms with Gasteiger partial charge in [-0.2, -0.15) is 4.31 Å². The third kappa shape index (κ3) is 5.35. The fourth-order valence-corrected chi connectivity index (χ4v) is 3.61. The molecule has 0 saturated carbocycles. The SMILES string of the molecule is CC(C)S(=O)(=O)N1CCN(C(=O)OC(C)(C)C)[C@H](CC(=O)O)C1. The number of hydrogen-bond acceptors (Lipinski definition) is 5. The smallest absolute Gasteiger partial charge is 0.410 e. The first kappa shape index (κ1) is 19.7. The van der Waals surface area contributed by atoms with E-state index in [1.807, 2.05) is 0 Å². The minimum absolute atomic E-state index is 0.0357. The minimum Gasteiger partial charge on any atom is -0.481 e. The molecular formula is C14H26N2O6S. The molecule has 0 unspecified atom stereocenters. The average molecular weight is 350 g/mol. The third-order valence-electron chi connectivity index (χ3n) is 3.44. The van der Waals surface area contributed by atoms with Crippen molar-refractivity contribution in [3.05, 3.63) is 0 Å². The van der Waals surface area contributed by atoms with Gasteiger partial charge in [-0.25, -0.2) is 13.2 Å². The Labute approximate surface area is 137 Å². The molecule has 1 N–H and O–H groups in total. The number of piperazine rings is 1. The van der Waals surface area contributed by atoms with Crippen molar-refractivity contribution in [3.63, 3.8) is 0 Å². The lowest BCUT2D eigenvalue weighted by atomic mass is 10.1. The van der Waals surface area contributed by atoms with Crippen molar-refractivity contribution in [1.29, 1.82) is 0 Å². The molecule has 1 amide bonds. The van der Waals surface area contributed by atoms with Crippen LogP contribution in [0.3, 0.4) is 0 Å². The quantitative estimate of drug-likeness (QED) is 0.815. The Bertz CT molecular complexity index is 552. The maximum Gasteiger partial charge on any atom is 0.410 e. The monoisotopic (exact) mass is 350 g/mol. The largest absolute Gasteiger partial charge is 0.481 e. The molecule has 1 heterocycles. The highest BCUT2D eigenvalue weighted by Crippen LogP contribution is 2.21. The predicted molar refractivity (Wildman–Crippen MR) is 84.6 cm³/mol. The summed E-state index contributed by atoms with van der Waals surface area (Å²) in [6.45, 7) is 8.51. The van der Waals surface area contributed by atoms with Gasteiger partial charge in [0.05, 0.1) is 17.7 Å². The third-order valence-corrected chi connectivity index (χ3v) is 5.68. The van der Waals surface area contributed by atoms with Crippen LogP contribution < -0.4 is 0 Å². The molecule has 0 aromatic heterocycles. The van der Waals surface area contributed by atoms with Crippen LogP contribution >= 0.6 is 0 Å². The Kier molecular flexibility index (Phi) is 6.03. The molecule has 1 fully saturated rings. The summed E-state index contributed by atoms with van der Waals surface area (Å²) in [5, 5.41) is 8.45. The predicted octanol–water partition coefficient (Wildman–Crippen LogP) is 1.12. The molecule has 0 aromatic rings. The number of nitrogens with zero attached hydrogens (tertiary/aromatic N) is 2. The zero-order valence-corrected chi connectivity index (χ0v) is 15.1. The molecule has 0 aromatic carbocycles. The molecule has 8 nitrogen and oxygen atoms in total. The van der Waals surface area contributed by atoms with Gasteiger partial charge in [0.1, 0.15) is 5.60 Å². The summed E-state index contributed by atoms with van der Waals surface area (Å²) >= 11 is 0. The highest BCUT2D eigenvalue weighted by atomic mass is 32.2. The highest BCUT2D eigenvalue weighted by Gasteiger charge is 2.39. The van der Waals surface area contributed by atoms with Gasteiger partial charge in [0.2, 0.25) is 10.0 Å². The minimum atomic E-state index is -3.49. The van der Waals surface area contributed by atoms with Crippen molar-refractivity contribution >= 4 is 22.1 Å². The number of carboxylic acid groups (broad SMARTS) is 1. The Hall–Kier alpha value is -1.35. The first-order valence-corrected chi connectivity index (χ1v) is 9.05. The number of ether oxygens (including phenoxy) is 1. The number of carbonyl (C=O) groups excluding carboxylic acids is 1. The van der Waals surface area contributed by atoms with Crippen LogP contribution in [-0.4, -0.2) is 71.3 Å². The van der Waals surface area contributed by atoms with Crippen LogP contribution in [0.2, 0.25) is 0 Å². The summed E-state index contributed by atoms with van der Waals surface area (Å²) < 4.78 is 31.1. The summed E-state index contributed by atoms with van der Waals surface area (Å²) in [4.78, 5) is 24.6. The molecule has 0 aliphatic carbocycles. The maximum absolute atomic E-state index is 12.3. The fraction of sp³-hybridized carbons (Fsp3) is 0.857. The molecular weight excluding hydrogens is 324 g/mol. The van der Waals surface area contributed by atoms with E-state index in [-0.39, 0.29) is 26.1 Å². The second-order valence-electron chi connectivity index (χ2n) is 6.88. The van der Waals surface area contributed by atoms with E-state index < -0.39 is 39.0 Å². The van der Waals surface area contributed by atoms with E-state index in [1.54, 1.807) is 34.6 Å². The van der Waals surface area contributed by atoms with Crippen molar-refractivity contribution in [3.8, 4) is 0 Å². The van der Waals surface area contributed by atoms with Gasteiger partial charge in [-0.05, 0) is 34.6 Å². The molecule has 23 heavy (non-hydrogen) atoms. The van der Waals surface area contributed by atoms with Gasteiger partial charge in [-0.15, -0.1) is 0 Å². The van der Waals surface area contributed by atoms with E-state index >= 15 is 0 Å². The lowest BCUT2D eigenvalue weighted by molar-refractivity contribution is -0.138. The van der Waals surface area contributed by atoms with Gasteiger partial charge in [0.15, 0.2) is 0 Å². The lowest BCUT2D eigenvalue weighted by Gasteiger charge is -2.41. The van der Waals surface area contributed by atoms with E-state index in [1.165, 1.54) is 9.21 Å².